The zero-order valence-corrected chi connectivity index (χ0v) is 14.4. The molecule has 2 N–H and O–H groups in total. The summed E-state index contributed by atoms with van der Waals surface area (Å²) in [6, 6.07) is 0. The molecule has 0 bridgehead atoms. The summed E-state index contributed by atoms with van der Waals surface area (Å²) in [4.78, 5) is 11.1. The van der Waals surface area contributed by atoms with Crippen molar-refractivity contribution in [1.82, 2.24) is 0 Å². The van der Waals surface area contributed by atoms with Gasteiger partial charge in [-0.25, -0.2) is 44.8 Å². The summed E-state index contributed by atoms with van der Waals surface area (Å²) in [7, 11) is -0.695. The fourth-order valence-corrected chi connectivity index (χ4v) is 4.07. The van der Waals surface area contributed by atoms with E-state index in [1.54, 1.807) is 0 Å². The molecule has 4 nitrogen and oxygen atoms in total. The molecule has 0 fully saturated rings. The van der Waals surface area contributed by atoms with E-state index >= 15 is 0 Å². The summed E-state index contributed by atoms with van der Waals surface area (Å²) in [5, 5.41) is 16.7. The second-order valence-electron chi connectivity index (χ2n) is 4.77. The molecule has 0 atom stereocenters. The van der Waals surface area contributed by atoms with Gasteiger partial charge in [-0.15, -0.1) is 0 Å². The highest BCUT2D eigenvalue weighted by atomic mass is 33.1. The SMILES string of the molecule is O=C(O)c1c(F)c(F)c(SSc2c(F)c(F)c(COO)c(F)c2F)c(F)c1F. The molecular weight excluding hydrogens is 448 g/mol. The molecular formula is C14H4F8O4S2. The summed E-state index contributed by atoms with van der Waals surface area (Å²) in [5.41, 5.74) is -3.26. The molecule has 0 heterocycles. The van der Waals surface area contributed by atoms with E-state index < -0.39 is 80.0 Å². The van der Waals surface area contributed by atoms with Gasteiger partial charge < -0.3 is 5.11 Å². The maximum atomic E-state index is 13.9. The van der Waals surface area contributed by atoms with Crippen LogP contribution in [0.4, 0.5) is 35.1 Å². The van der Waals surface area contributed by atoms with Gasteiger partial charge >= 0.3 is 5.97 Å². The van der Waals surface area contributed by atoms with Gasteiger partial charge in [-0.2, -0.15) is 0 Å². The summed E-state index contributed by atoms with van der Waals surface area (Å²) < 4.78 is 110. The molecule has 0 aliphatic rings. The van der Waals surface area contributed by atoms with E-state index in [0.29, 0.717) is 0 Å². The highest BCUT2D eigenvalue weighted by Gasteiger charge is 2.31. The van der Waals surface area contributed by atoms with Crippen molar-refractivity contribution in [3.63, 3.8) is 0 Å². The molecule has 152 valence electrons. The zero-order chi connectivity index (χ0) is 21.3. The molecule has 2 rings (SSSR count). The minimum absolute atomic E-state index is 0.336. The van der Waals surface area contributed by atoms with Crippen LogP contribution in [0.3, 0.4) is 0 Å². The number of carboxylic acid groups (broad SMARTS) is 1. The standard InChI is InChI=1S/C14H4F8O4S2/c15-4-2(1-26-25)5(16)9(20)12(8(4)19)27-28-13-10(21)6(17)3(14(23)24)7(18)11(13)22/h25H,1H2,(H,23,24). The molecule has 2 aromatic carbocycles. The van der Waals surface area contributed by atoms with Crippen LogP contribution in [0.15, 0.2) is 9.79 Å². The van der Waals surface area contributed by atoms with Crippen molar-refractivity contribution in [1.29, 1.82) is 0 Å². The molecule has 0 saturated heterocycles. The van der Waals surface area contributed by atoms with Crippen LogP contribution in [0, 0.1) is 46.5 Å². The van der Waals surface area contributed by atoms with Crippen molar-refractivity contribution in [2.75, 3.05) is 0 Å². The summed E-state index contributed by atoms with van der Waals surface area (Å²) in [6.45, 7) is -1.26. The fraction of sp³-hybridized carbons (Fsp3) is 0.0714. The molecule has 28 heavy (non-hydrogen) atoms. The minimum atomic E-state index is -2.32. The molecule has 0 radical (unpaired) electrons. The summed E-state index contributed by atoms with van der Waals surface area (Å²) in [5.74, 6) is -19.3. The van der Waals surface area contributed by atoms with Crippen LogP contribution in [0.1, 0.15) is 15.9 Å². The summed E-state index contributed by atoms with van der Waals surface area (Å²) >= 11 is 0. The number of carbonyl (C=O) groups is 1. The first-order chi connectivity index (χ1) is 13.0. The van der Waals surface area contributed by atoms with Crippen molar-refractivity contribution in [2.24, 2.45) is 0 Å². The average Bonchev–Trinajstić information content (AvgIpc) is 2.64. The number of benzene rings is 2. The van der Waals surface area contributed by atoms with E-state index in [2.05, 4.69) is 4.89 Å². The highest BCUT2D eigenvalue weighted by molar-refractivity contribution is 8.76. The van der Waals surface area contributed by atoms with E-state index in [0.717, 1.165) is 0 Å². The fourth-order valence-electron chi connectivity index (χ4n) is 1.88. The predicted octanol–water partition coefficient (Wildman–Crippen LogP) is 5.29. The lowest BCUT2D eigenvalue weighted by Gasteiger charge is -2.12. The number of hydrogen-bond acceptors (Lipinski definition) is 5. The van der Waals surface area contributed by atoms with E-state index in [4.69, 9.17) is 10.4 Å². The first-order valence-electron chi connectivity index (χ1n) is 6.59. The minimum Gasteiger partial charge on any atom is -0.477 e. The molecule has 0 spiro atoms. The third-order valence-corrected chi connectivity index (χ3v) is 5.55. The number of hydrogen-bond donors (Lipinski definition) is 2. The van der Waals surface area contributed by atoms with Gasteiger partial charge in [0.25, 0.3) is 0 Å². The Morgan fingerprint density at radius 3 is 1.39 bits per heavy atom. The predicted molar refractivity (Wildman–Crippen MR) is 78.6 cm³/mol. The smallest absolute Gasteiger partial charge is 0.341 e. The van der Waals surface area contributed by atoms with Crippen molar-refractivity contribution < 1.29 is 55.2 Å². The van der Waals surface area contributed by atoms with Gasteiger partial charge in [-0.3, -0.25) is 5.26 Å². The van der Waals surface area contributed by atoms with Crippen molar-refractivity contribution in [3.8, 4) is 0 Å². The van der Waals surface area contributed by atoms with Gasteiger partial charge in [-0.05, 0) is 21.6 Å². The third-order valence-electron chi connectivity index (χ3n) is 3.17. The highest BCUT2D eigenvalue weighted by Crippen LogP contribution is 2.45. The Morgan fingerprint density at radius 1 is 0.714 bits per heavy atom. The van der Waals surface area contributed by atoms with Crippen LogP contribution in [-0.2, 0) is 11.5 Å². The Morgan fingerprint density at radius 2 is 1.07 bits per heavy atom. The van der Waals surface area contributed by atoms with E-state index in [1.807, 2.05) is 0 Å². The molecule has 0 aromatic heterocycles. The quantitative estimate of drug-likeness (QED) is 0.204. The summed E-state index contributed by atoms with van der Waals surface area (Å²) in [6.07, 6.45) is 0. The number of carboxylic acids is 1. The topological polar surface area (TPSA) is 66.8 Å². The lowest BCUT2D eigenvalue weighted by atomic mass is 10.2. The third kappa shape index (κ3) is 3.76. The van der Waals surface area contributed by atoms with Crippen molar-refractivity contribution in [2.45, 2.75) is 16.4 Å². The molecule has 0 unspecified atom stereocenters. The second-order valence-corrected chi connectivity index (χ2v) is 6.92. The second kappa shape index (κ2) is 8.55. The van der Waals surface area contributed by atoms with Crippen LogP contribution < -0.4 is 0 Å². The monoisotopic (exact) mass is 452 g/mol. The molecule has 0 saturated carbocycles. The molecule has 0 amide bonds. The van der Waals surface area contributed by atoms with Crippen LogP contribution in [0.2, 0.25) is 0 Å². The lowest BCUT2D eigenvalue weighted by Crippen LogP contribution is -2.11. The van der Waals surface area contributed by atoms with Crippen LogP contribution in [0.25, 0.3) is 0 Å². The average molecular weight is 452 g/mol. The van der Waals surface area contributed by atoms with Crippen LogP contribution in [0.5, 0.6) is 0 Å². The van der Waals surface area contributed by atoms with E-state index in [9.17, 15) is 39.9 Å². The zero-order valence-electron chi connectivity index (χ0n) is 12.8. The largest absolute Gasteiger partial charge is 0.477 e. The Balaban J connectivity index is 2.50. The van der Waals surface area contributed by atoms with Gasteiger partial charge in [0.15, 0.2) is 46.5 Å². The van der Waals surface area contributed by atoms with Crippen molar-refractivity contribution in [3.05, 3.63) is 57.7 Å². The molecule has 0 aliphatic heterocycles. The normalized spacial score (nSPS) is 11.2. The van der Waals surface area contributed by atoms with E-state index in [-0.39, 0.29) is 21.6 Å². The molecule has 14 heteroatoms. The first-order valence-corrected chi connectivity index (χ1v) is 8.74. The lowest BCUT2D eigenvalue weighted by molar-refractivity contribution is -0.254. The van der Waals surface area contributed by atoms with Crippen molar-refractivity contribution >= 4 is 27.6 Å². The van der Waals surface area contributed by atoms with E-state index in [1.165, 1.54) is 0 Å². The first kappa shape index (κ1) is 22.3. The number of aromatic carboxylic acids is 1. The van der Waals surface area contributed by atoms with Gasteiger partial charge in [0.1, 0.15) is 12.2 Å². The number of halogens is 8. The molecule has 2 aromatic rings. The Labute approximate surface area is 157 Å². The maximum Gasteiger partial charge on any atom is 0.341 e. The van der Waals surface area contributed by atoms with Gasteiger partial charge in [0.2, 0.25) is 0 Å². The van der Waals surface area contributed by atoms with Gasteiger partial charge in [0.05, 0.1) is 15.4 Å². The Kier molecular flexibility index (Phi) is 6.80. The van der Waals surface area contributed by atoms with Gasteiger partial charge in [-0.1, -0.05) is 0 Å². The van der Waals surface area contributed by atoms with Gasteiger partial charge in [0, 0.05) is 0 Å². The number of rotatable bonds is 6. The Bertz CT molecular complexity index is 911. The van der Waals surface area contributed by atoms with Crippen LogP contribution in [-0.4, -0.2) is 16.3 Å². The molecule has 0 aliphatic carbocycles. The van der Waals surface area contributed by atoms with Crippen LogP contribution >= 0.6 is 21.6 Å². The maximum absolute atomic E-state index is 13.9. The Hall–Kier alpha value is -2.03.